The average Bonchev–Trinajstić information content (AvgIpc) is 2.90. The number of rotatable bonds is 8. The van der Waals surface area contributed by atoms with Crippen LogP contribution in [0.2, 0.25) is 0 Å². The summed E-state index contributed by atoms with van der Waals surface area (Å²) < 4.78 is 5.91. The molecule has 1 aliphatic carbocycles. The number of benzene rings is 1. The topological polar surface area (TPSA) is 105 Å². The standard InChI is InChI=1S/C20H28N2O5/c1-14(27-17-6-4-2-3-5-7-17)19(25)22-16-10-8-15(9-11-16)20(26)21-13-12-18(23)24/h8-11,14,17H,2-7,12-13H2,1H3,(H,21,26)(H,22,25)(H,23,24). The minimum absolute atomic E-state index is 0.0721. The second-order valence-electron chi connectivity index (χ2n) is 6.86. The van der Waals surface area contributed by atoms with Crippen molar-refractivity contribution in [3.63, 3.8) is 0 Å². The van der Waals surface area contributed by atoms with Gasteiger partial charge in [-0.15, -0.1) is 0 Å². The Bertz CT molecular complexity index is 636. The van der Waals surface area contributed by atoms with Crippen LogP contribution >= 0.6 is 0 Å². The predicted molar refractivity (Wildman–Crippen MR) is 102 cm³/mol. The summed E-state index contributed by atoms with van der Waals surface area (Å²) in [4.78, 5) is 34.7. The molecule has 148 valence electrons. The summed E-state index contributed by atoms with van der Waals surface area (Å²) in [5.74, 6) is -1.52. The number of carbonyl (C=O) groups excluding carboxylic acids is 2. The molecule has 2 rings (SSSR count). The van der Waals surface area contributed by atoms with Crippen LogP contribution in [-0.2, 0) is 14.3 Å². The van der Waals surface area contributed by atoms with Crippen LogP contribution in [0.1, 0.15) is 62.2 Å². The zero-order valence-corrected chi connectivity index (χ0v) is 15.7. The molecule has 0 radical (unpaired) electrons. The maximum atomic E-state index is 12.3. The molecule has 1 aromatic rings. The Balaban J connectivity index is 1.81. The highest BCUT2D eigenvalue weighted by Gasteiger charge is 2.20. The molecule has 0 aromatic heterocycles. The monoisotopic (exact) mass is 376 g/mol. The van der Waals surface area contributed by atoms with E-state index in [0.717, 1.165) is 25.7 Å². The van der Waals surface area contributed by atoms with E-state index in [9.17, 15) is 14.4 Å². The Labute approximate surface area is 159 Å². The summed E-state index contributed by atoms with van der Waals surface area (Å²) in [5, 5.41) is 13.9. The third kappa shape index (κ3) is 7.38. The molecule has 0 bridgehead atoms. The lowest BCUT2D eigenvalue weighted by atomic mass is 10.1. The first kappa shape index (κ1) is 20.9. The largest absolute Gasteiger partial charge is 0.481 e. The zero-order valence-electron chi connectivity index (χ0n) is 15.7. The van der Waals surface area contributed by atoms with Gasteiger partial charge in [0.05, 0.1) is 12.5 Å². The molecule has 7 heteroatoms. The molecule has 1 saturated carbocycles. The van der Waals surface area contributed by atoms with Gasteiger partial charge in [0.25, 0.3) is 11.8 Å². The lowest BCUT2D eigenvalue weighted by Gasteiger charge is -2.20. The normalized spacial score (nSPS) is 16.2. The average molecular weight is 376 g/mol. The molecule has 3 N–H and O–H groups in total. The van der Waals surface area contributed by atoms with Crippen molar-refractivity contribution in [2.75, 3.05) is 11.9 Å². The van der Waals surface area contributed by atoms with Crippen molar-refractivity contribution in [1.29, 1.82) is 0 Å². The van der Waals surface area contributed by atoms with Gasteiger partial charge in [-0.25, -0.2) is 0 Å². The minimum atomic E-state index is -0.964. The number of hydrogen-bond donors (Lipinski definition) is 3. The van der Waals surface area contributed by atoms with E-state index < -0.39 is 12.1 Å². The van der Waals surface area contributed by atoms with E-state index in [4.69, 9.17) is 9.84 Å². The van der Waals surface area contributed by atoms with Gasteiger partial charge >= 0.3 is 5.97 Å². The van der Waals surface area contributed by atoms with Crippen LogP contribution in [0.4, 0.5) is 5.69 Å². The summed E-state index contributed by atoms with van der Waals surface area (Å²) >= 11 is 0. The Hall–Kier alpha value is -2.41. The second-order valence-corrected chi connectivity index (χ2v) is 6.86. The van der Waals surface area contributed by atoms with Crippen molar-refractivity contribution in [2.45, 2.75) is 64.1 Å². The van der Waals surface area contributed by atoms with Crippen LogP contribution in [0.3, 0.4) is 0 Å². The summed E-state index contributed by atoms with van der Waals surface area (Å²) in [6.45, 7) is 1.83. The Morgan fingerprint density at radius 1 is 1.11 bits per heavy atom. The third-order valence-electron chi connectivity index (χ3n) is 4.61. The molecule has 1 fully saturated rings. The van der Waals surface area contributed by atoms with Gasteiger partial charge in [0.2, 0.25) is 0 Å². The zero-order chi connectivity index (χ0) is 19.6. The van der Waals surface area contributed by atoms with Gasteiger partial charge in [0.15, 0.2) is 0 Å². The molecule has 27 heavy (non-hydrogen) atoms. The van der Waals surface area contributed by atoms with Crippen LogP contribution in [0.5, 0.6) is 0 Å². The van der Waals surface area contributed by atoms with Crippen molar-refractivity contribution in [2.24, 2.45) is 0 Å². The number of anilines is 1. The maximum Gasteiger partial charge on any atom is 0.305 e. The molecule has 1 unspecified atom stereocenters. The van der Waals surface area contributed by atoms with Crippen LogP contribution in [-0.4, -0.2) is 41.6 Å². The van der Waals surface area contributed by atoms with E-state index in [1.165, 1.54) is 12.8 Å². The van der Waals surface area contributed by atoms with E-state index >= 15 is 0 Å². The van der Waals surface area contributed by atoms with E-state index in [0.29, 0.717) is 11.3 Å². The van der Waals surface area contributed by atoms with E-state index in [-0.39, 0.29) is 30.9 Å². The highest BCUT2D eigenvalue weighted by Crippen LogP contribution is 2.21. The van der Waals surface area contributed by atoms with Crippen LogP contribution in [0, 0.1) is 0 Å². The molecule has 0 spiro atoms. The van der Waals surface area contributed by atoms with Crippen molar-refractivity contribution >= 4 is 23.5 Å². The SMILES string of the molecule is CC(OC1CCCCCC1)C(=O)Nc1ccc(C(=O)NCCC(=O)O)cc1. The van der Waals surface area contributed by atoms with Gasteiger partial charge in [-0.2, -0.15) is 0 Å². The molecule has 7 nitrogen and oxygen atoms in total. The summed E-state index contributed by atoms with van der Waals surface area (Å²) in [6.07, 6.45) is 6.25. The first-order valence-electron chi connectivity index (χ1n) is 9.52. The van der Waals surface area contributed by atoms with Crippen molar-refractivity contribution in [3.8, 4) is 0 Å². The Kier molecular flexibility index (Phi) is 8.26. The first-order valence-corrected chi connectivity index (χ1v) is 9.52. The van der Waals surface area contributed by atoms with Gasteiger partial charge in [-0.05, 0) is 44.0 Å². The number of amides is 2. The predicted octanol–water partition coefficient (Wildman–Crippen LogP) is 2.96. The number of nitrogens with one attached hydrogen (secondary N) is 2. The van der Waals surface area contributed by atoms with Gasteiger partial charge in [-0.1, -0.05) is 25.7 Å². The molecule has 0 aliphatic heterocycles. The van der Waals surface area contributed by atoms with E-state index in [2.05, 4.69) is 10.6 Å². The first-order chi connectivity index (χ1) is 13.0. The quantitative estimate of drug-likeness (QED) is 0.605. The van der Waals surface area contributed by atoms with Crippen LogP contribution in [0.25, 0.3) is 0 Å². The minimum Gasteiger partial charge on any atom is -0.481 e. The molecular weight excluding hydrogens is 348 g/mol. The molecule has 0 heterocycles. The smallest absolute Gasteiger partial charge is 0.305 e. The lowest BCUT2D eigenvalue weighted by molar-refractivity contribution is -0.136. The van der Waals surface area contributed by atoms with Crippen molar-refractivity contribution in [1.82, 2.24) is 5.32 Å². The van der Waals surface area contributed by atoms with E-state index in [1.54, 1.807) is 31.2 Å². The third-order valence-corrected chi connectivity index (χ3v) is 4.61. The fourth-order valence-electron chi connectivity index (χ4n) is 3.06. The van der Waals surface area contributed by atoms with Gasteiger partial charge in [0.1, 0.15) is 6.10 Å². The van der Waals surface area contributed by atoms with Crippen molar-refractivity contribution < 1.29 is 24.2 Å². The molecular formula is C20H28N2O5. The Morgan fingerprint density at radius 3 is 2.33 bits per heavy atom. The molecule has 2 amide bonds. The number of carboxylic acids is 1. The van der Waals surface area contributed by atoms with E-state index in [1.807, 2.05) is 0 Å². The van der Waals surface area contributed by atoms with Crippen molar-refractivity contribution in [3.05, 3.63) is 29.8 Å². The molecule has 0 saturated heterocycles. The lowest BCUT2D eigenvalue weighted by Crippen LogP contribution is -2.31. The fraction of sp³-hybridized carbons (Fsp3) is 0.550. The highest BCUT2D eigenvalue weighted by molar-refractivity contribution is 5.96. The van der Waals surface area contributed by atoms with Gasteiger partial charge < -0.3 is 20.5 Å². The van der Waals surface area contributed by atoms with Crippen LogP contribution < -0.4 is 10.6 Å². The fourth-order valence-corrected chi connectivity index (χ4v) is 3.06. The number of hydrogen-bond acceptors (Lipinski definition) is 4. The van der Waals surface area contributed by atoms with Gasteiger partial charge in [0, 0.05) is 17.8 Å². The molecule has 1 atom stereocenters. The number of carbonyl (C=O) groups is 3. The Morgan fingerprint density at radius 2 is 1.74 bits per heavy atom. The number of aliphatic carboxylic acids is 1. The summed E-state index contributed by atoms with van der Waals surface area (Å²) in [7, 11) is 0. The highest BCUT2D eigenvalue weighted by atomic mass is 16.5. The number of ether oxygens (including phenoxy) is 1. The summed E-state index contributed by atoms with van der Waals surface area (Å²) in [5.41, 5.74) is 0.986. The second kappa shape index (κ2) is 10.7. The maximum absolute atomic E-state index is 12.3. The number of carboxylic acid groups (broad SMARTS) is 1. The van der Waals surface area contributed by atoms with Crippen LogP contribution in [0.15, 0.2) is 24.3 Å². The van der Waals surface area contributed by atoms with Gasteiger partial charge in [-0.3, -0.25) is 14.4 Å². The summed E-state index contributed by atoms with van der Waals surface area (Å²) in [6, 6.07) is 6.45. The molecule has 1 aromatic carbocycles. The molecule has 1 aliphatic rings.